The summed E-state index contributed by atoms with van der Waals surface area (Å²) in [7, 11) is 1.46. The van der Waals surface area contributed by atoms with Crippen LogP contribution in [0, 0.1) is 11.6 Å². The summed E-state index contributed by atoms with van der Waals surface area (Å²) in [5.41, 5.74) is 2.97. The molecule has 3 aromatic rings. The molecule has 3 heterocycles. The van der Waals surface area contributed by atoms with Gasteiger partial charge in [-0.15, -0.1) is 0 Å². The summed E-state index contributed by atoms with van der Waals surface area (Å²) in [5, 5.41) is 4.73. The van der Waals surface area contributed by atoms with Crippen molar-refractivity contribution >= 4 is 29.3 Å². The third-order valence-electron chi connectivity index (χ3n) is 8.61. The van der Waals surface area contributed by atoms with Gasteiger partial charge in [0.15, 0.2) is 0 Å². The second-order valence-corrected chi connectivity index (χ2v) is 11.4. The topological polar surface area (TPSA) is 111 Å². The third kappa shape index (κ3) is 6.23. The number of carbonyl (C=O) groups is 4. The maximum atomic E-state index is 15.2. The molecule has 2 N–H and O–H groups in total. The number of nitrogens with zero attached hydrogens (tertiary/aromatic N) is 3. The number of hydrogen-bond donors (Lipinski definition) is 2. The Morgan fingerprint density at radius 1 is 1.00 bits per heavy atom. The van der Waals surface area contributed by atoms with E-state index in [0.29, 0.717) is 60.9 Å². The average molecular weight is 618 g/mol. The van der Waals surface area contributed by atoms with E-state index in [1.54, 1.807) is 30.3 Å². The lowest BCUT2D eigenvalue weighted by atomic mass is 10.0. The van der Waals surface area contributed by atoms with Gasteiger partial charge < -0.3 is 19.9 Å². The Morgan fingerprint density at radius 3 is 2.51 bits per heavy atom. The van der Waals surface area contributed by atoms with Gasteiger partial charge >= 0.3 is 0 Å². The number of rotatable bonds is 8. The molecule has 0 bridgehead atoms. The van der Waals surface area contributed by atoms with Crippen molar-refractivity contribution in [3.8, 4) is 5.75 Å². The van der Waals surface area contributed by atoms with E-state index in [-0.39, 0.29) is 43.4 Å². The van der Waals surface area contributed by atoms with E-state index < -0.39 is 29.5 Å². The number of ether oxygens (including phenoxy) is 1. The predicted molar refractivity (Wildman–Crippen MR) is 160 cm³/mol. The van der Waals surface area contributed by atoms with Crippen molar-refractivity contribution < 1.29 is 32.7 Å². The molecule has 45 heavy (non-hydrogen) atoms. The zero-order valence-electron chi connectivity index (χ0n) is 24.8. The fourth-order valence-corrected chi connectivity index (χ4v) is 6.10. The number of piperazine rings is 1. The second kappa shape index (κ2) is 12.6. The second-order valence-electron chi connectivity index (χ2n) is 11.4. The van der Waals surface area contributed by atoms with Crippen LogP contribution in [0.5, 0.6) is 5.75 Å². The van der Waals surface area contributed by atoms with Gasteiger partial charge in [0, 0.05) is 68.6 Å². The number of anilines is 1. The van der Waals surface area contributed by atoms with Crippen LogP contribution in [-0.2, 0) is 29.3 Å². The standard InChI is InChI=1S/C33H33F2N5O5/c1-36-31(42)24-8-7-22(16-27(24)35)39-13-11-38(12-14-39)17-20-5-6-21(26(34)15-20)19-45-29-4-2-3-23-25(29)18-40(33(23)44)28-9-10-30(41)37-32(28)43/h2-8,15-16,28H,9-14,17-19H2,1H3,(H,36,42)(H,37,41,43). The number of benzene rings is 3. The van der Waals surface area contributed by atoms with Crippen molar-refractivity contribution in [1.29, 1.82) is 0 Å². The first-order chi connectivity index (χ1) is 21.7. The molecule has 2 fully saturated rings. The molecule has 4 amide bonds. The zero-order valence-corrected chi connectivity index (χ0v) is 24.8. The highest BCUT2D eigenvalue weighted by Crippen LogP contribution is 2.34. The van der Waals surface area contributed by atoms with E-state index in [9.17, 15) is 23.6 Å². The lowest BCUT2D eigenvalue weighted by Gasteiger charge is -2.36. The van der Waals surface area contributed by atoms with Crippen molar-refractivity contribution in [3.05, 3.63) is 94.0 Å². The Morgan fingerprint density at radius 2 is 1.80 bits per heavy atom. The SMILES string of the molecule is CNC(=O)c1ccc(N2CCN(Cc3ccc(COc4cccc5c4CN(C4CCC(=O)NC4=O)C5=O)c(F)c3)CC2)cc1F. The van der Waals surface area contributed by atoms with Crippen LogP contribution in [0.2, 0.25) is 0 Å². The number of imide groups is 1. The van der Waals surface area contributed by atoms with Gasteiger partial charge in [-0.1, -0.05) is 18.2 Å². The highest BCUT2D eigenvalue weighted by atomic mass is 19.1. The molecule has 0 radical (unpaired) electrons. The Hall–Kier alpha value is -4.84. The minimum Gasteiger partial charge on any atom is -0.488 e. The Bertz CT molecular complexity index is 1670. The molecular weight excluding hydrogens is 584 g/mol. The van der Waals surface area contributed by atoms with Crippen LogP contribution >= 0.6 is 0 Å². The van der Waals surface area contributed by atoms with E-state index in [0.717, 1.165) is 5.56 Å². The van der Waals surface area contributed by atoms with Gasteiger partial charge in [0.05, 0.1) is 12.1 Å². The molecule has 0 aliphatic carbocycles. The van der Waals surface area contributed by atoms with Crippen molar-refractivity contribution in [3.63, 3.8) is 0 Å². The number of nitrogens with one attached hydrogen (secondary N) is 2. The first kappa shape index (κ1) is 30.2. The summed E-state index contributed by atoms with van der Waals surface area (Å²) in [6, 6.07) is 14.0. The largest absolute Gasteiger partial charge is 0.488 e. The van der Waals surface area contributed by atoms with Gasteiger partial charge in [-0.2, -0.15) is 0 Å². The van der Waals surface area contributed by atoms with E-state index in [1.807, 2.05) is 6.07 Å². The molecule has 3 aromatic carbocycles. The van der Waals surface area contributed by atoms with Crippen molar-refractivity contribution in [2.45, 2.75) is 38.6 Å². The molecule has 234 valence electrons. The van der Waals surface area contributed by atoms with E-state index in [2.05, 4.69) is 20.4 Å². The first-order valence-electron chi connectivity index (χ1n) is 14.9. The maximum absolute atomic E-state index is 15.2. The van der Waals surface area contributed by atoms with E-state index in [4.69, 9.17) is 4.74 Å². The van der Waals surface area contributed by atoms with Gasteiger partial charge in [0.2, 0.25) is 11.8 Å². The number of hydrogen-bond acceptors (Lipinski definition) is 7. The lowest BCUT2D eigenvalue weighted by Crippen LogP contribution is -2.52. The fourth-order valence-electron chi connectivity index (χ4n) is 6.10. The predicted octanol–water partition coefficient (Wildman–Crippen LogP) is 2.99. The summed E-state index contributed by atoms with van der Waals surface area (Å²) < 4.78 is 35.6. The molecule has 10 nitrogen and oxygen atoms in total. The Labute approximate surface area is 258 Å². The number of halogens is 2. The molecule has 1 unspecified atom stereocenters. The monoisotopic (exact) mass is 617 g/mol. The summed E-state index contributed by atoms with van der Waals surface area (Å²) in [6.07, 6.45) is 0.435. The van der Waals surface area contributed by atoms with Crippen molar-refractivity contribution in [2.75, 3.05) is 38.1 Å². The summed E-state index contributed by atoms with van der Waals surface area (Å²) >= 11 is 0. The molecule has 12 heteroatoms. The number of carbonyl (C=O) groups excluding carboxylic acids is 4. The van der Waals surface area contributed by atoms with Crippen LogP contribution in [0.1, 0.15) is 50.2 Å². The number of piperidine rings is 1. The van der Waals surface area contributed by atoms with Crippen molar-refractivity contribution in [2.24, 2.45) is 0 Å². The molecule has 1 atom stereocenters. The van der Waals surface area contributed by atoms with Crippen LogP contribution in [0.25, 0.3) is 0 Å². The Balaban J connectivity index is 1.04. The smallest absolute Gasteiger partial charge is 0.255 e. The number of amides is 4. The van der Waals surface area contributed by atoms with Crippen LogP contribution < -0.4 is 20.3 Å². The lowest BCUT2D eigenvalue weighted by molar-refractivity contribution is -0.136. The fraction of sp³-hybridized carbons (Fsp3) is 0.333. The highest BCUT2D eigenvalue weighted by Gasteiger charge is 2.40. The van der Waals surface area contributed by atoms with Crippen LogP contribution in [0.3, 0.4) is 0 Å². The Kier molecular flexibility index (Phi) is 8.48. The molecule has 6 rings (SSSR count). The molecule has 2 saturated heterocycles. The summed E-state index contributed by atoms with van der Waals surface area (Å²) in [5.74, 6) is -2.11. The van der Waals surface area contributed by atoms with Gasteiger partial charge in [0.25, 0.3) is 11.8 Å². The van der Waals surface area contributed by atoms with E-state index >= 15 is 4.39 Å². The average Bonchev–Trinajstić information content (AvgIpc) is 3.37. The van der Waals surface area contributed by atoms with E-state index in [1.165, 1.54) is 30.1 Å². The quantitative estimate of drug-likeness (QED) is 0.374. The zero-order chi connectivity index (χ0) is 31.7. The summed E-state index contributed by atoms with van der Waals surface area (Å²) in [4.78, 5) is 54.5. The maximum Gasteiger partial charge on any atom is 0.255 e. The minimum absolute atomic E-state index is 0.00922. The molecule has 0 saturated carbocycles. The molecule has 3 aliphatic rings. The molecule has 0 aromatic heterocycles. The van der Waals surface area contributed by atoms with Crippen LogP contribution in [0.15, 0.2) is 54.6 Å². The van der Waals surface area contributed by atoms with Gasteiger partial charge in [0.1, 0.15) is 30.0 Å². The molecule has 0 spiro atoms. The minimum atomic E-state index is -0.728. The number of fused-ring (bicyclic) bond motifs is 1. The summed E-state index contributed by atoms with van der Waals surface area (Å²) in [6.45, 7) is 3.43. The van der Waals surface area contributed by atoms with Gasteiger partial charge in [-0.25, -0.2) is 8.78 Å². The molecular formula is C33H33F2N5O5. The van der Waals surface area contributed by atoms with Crippen molar-refractivity contribution in [1.82, 2.24) is 20.4 Å². The van der Waals surface area contributed by atoms with Gasteiger partial charge in [-0.3, -0.25) is 29.4 Å². The van der Waals surface area contributed by atoms with Crippen LogP contribution in [0.4, 0.5) is 14.5 Å². The van der Waals surface area contributed by atoms with Crippen LogP contribution in [-0.4, -0.2) is 72.7 Å². The van der Waals surface area contributed by atoms with Gasteiger partial charge in [-0.05, 0) is 48.4 Å². The normalized spacial score (nSPS) is 18.6. The first-order valence-corrected chi connectivity index (χ1v) is 14.9. The third-order valence-corrected chi connectivity index (χ3v) is 8.61. The highest BCUT2D eigenvalue weighted by molar-refractivity contribution is 6.05. The molecule has 3 aliphatic heterocycles.